The lowest BCUT2D eigenvalue weighted by Crippen LogP contribution is -2.16. The molecule has 0 radical (unpaired) electrons. The first kappa shape index (κ1) is 10.4. The Morgan fingerprint density at radius 3 is 2.73 bits per heavy atom. The van der Waals surface area contributed by atoms with Crippen LogP contribution in [0, 0.1) is 5.92 Å². The monoisotopic (exact) mass is 204 g/mol. The fraction of sp³-hybridized carbons (Fsp3) is 0.462. The third kappa shape index (κ3) is 2.66. The van der Waals surface area contributed by atoms with Crippen molar-refractivity contribution >= 4 is 5.78 Å². The quantitative estimate of drug-likeness (QED) is 0.754. The Kier molecular flexibility index (Phi) is 3.17. The van der Waals surface area contributed by atoms with Crippen molar-refractivity contribution in [3.8, 4) is 0 Å². The number of hydrogen-bond acceptors (Lipinski definition) is 2. The zero-order valence-electron chi connectivity index (χ0n) is 8.98. The second-order valence-corrected chi connectivity index (χ2v) is 4.21. The molecule has 80 valence electrons. The van der Waals surface area contributed by atoms with Gasteiger partial charge in [-0.05, 0) is 18.9 Å². The summed E-state index contributed by atoms with van der Waals surface area (Å²) in [6, 6.07) is 9.90. The molecular weight excluding hydrogens is 188 g/mol. The van der Waals surface area contributed by atoms with Crippen LogP contribution < -0.4 is 0 Å². The third-order valence-electron chi connectivity index (χ3n) is 2.87. The Labute approximate surface area is 90.3 Å². The SMILES string of the molecule is CC1CC(C(=O)Cc2ccccc2)CO1. The Bertz CT molecular complexity index is 332. The smallest absolute Gasteiger partial charge is 0.142 e. The van der Waals surface area contributed by atoms with E-state index >= 15 is 0 Å². The molecule has 0 spiro atoms. The van der Waals surface area contributed by atoms with Gasteiger partial charge in [-0.1, -0.05) is 30.3 Å². The van der Waals surface area contributed by atoms with E-state index in [9.17, 15) is 4.79 Å². The Morgan fingerprint density at radius 2 is 2.13 bits per heavy atom. The average Bonchev–Trinajstić information content (AvgIpc) is 2.66. The van der Waals surface area contributed by atoms with E-state index in [-0.39, 0.29) is 12.0 Å². The Hall–Kier alpha value is -1.15. The minimum Gasteiger partial charge on any atom is -0.378 e. The summed E-state index contributed by atoms with van der Waals surface area (Å²) in [7, 11) is 0. The molecule has 0 bridgehead atoms. The van der Waals surface area contributed by atoms with Gasteiger partial charge >= 0.3 is 0 Å². The van der Waals surface area contributed by atoms with Gasteiger partial charge < -0.3 is 4.74 Å². The normalized spacial score (nSPS) is 25.4. The highest BCUT2D eigenvalue weighted by atomic mass is 16.5. The summed E-state index contributed by atoms with van der Waals surface area (Å²) in [5.74, 6) is 0.422. The highest BCUT2D eigenvalue weighted by molar-refractivity contribution is 5.83. The van der Waals surface area contributed by atoms with Crippen molar-refractivity contribution in [3.63, 3.8) is 0 Å². The van der Waals surface area contributed by atoms with Crippen molar-refractivity contribution in [2.75, 3.05) is 6.61 Å². The highest BCUT2D eigenvalue weighted by Gasteiger charge is 2.27. The number of benzene rings is 1. The predicted octanol–water partition coefficient (Wildman–Crippen LogP) is 2.22. The molecule has 1 saturated heterocycles. The molecule has 1 aromatic carbocycles. The van der Waals surface area contributed by atoms with E-state index in [0.717, 1.165) is 12.0 Å². The van der Waals surface area contributed by atoms with Crippen molar-refractivity contribution < 1.29 is 9.53 Å². The van der Waals surface area contributed by atoms with Crippen molar-refractivity contribution in [1.29, 1.82) is 0 Å². The van der Waals surface area contributed by atoms with Crippen molar-refractivity contribution in [2.45, 2.75) is 25.9 Å². The number of ketones is 1. The van der Waals surface area contributed by atoms with E-state index < -0.39 is 0 Å². The zero-order valence-corrected chi connectivity index (χ0v) is 8.98. The minimum atomic E-state index is 0.111. The second kappa shape index (κ2) is 4.58. The molecule has 2 rings (SSSR count). The molecule has 2 nitrogen and oxygen atoms in total. The van der Waals surface area contributed by atoms with Crippen LogP contribution in [0.5, 0.6) is 0 Å². The standard InChI is InChI=1S/C13H16O2/c1-10-7-12(9-15-10)13(14)8-11-5-3-2-4-6-11/h2-6,10,12H,7-9H2,1H3. The van der Waals surface area contributed by atoms with Gasteiger partial charge in [0.2, 0.25) is 0 Å². The summed E-state index contributed by atoms with van der Waals surface area (Å²) in [5.41, 5.74) is 1.10. The number of carbonyl (C=O) groups is 1. The molecule has 1 heterocycles. The number of ether oxygens (including phenoxy) is 1. The van der Waals surface area contributed by atoms with E-state index in [0.29, 0.717) is 18.8 Å². The molecule has 0 aliphatic carbocycles. The molecule has 1 aliphatic rings. The summed E-state index contributed by atoms with van der Waals surface area (Å²) in [6.07, 6.45) is 1.67. The summed E-state index contributed by atoms with van der Waals surface area (Å²) in [4.78, 5) is 11.9. The second-order valence-electron chi connectivity index (χ2n) is 4.21. The summed E-state index contributed by atoms with van der Waals surface area (Å²) in [6.45, 7) is 2.63. The van der Waals surface area contributed by atoms with Crippen LogP contribution >= 0.6 is 0 Å². The largest absolute Gasteiger partial charge is 0.378 e. The molecule has 1 aromatic rings. The molecule has 0 amide bonds. The molecule has 2 heteroatoms. The minimum absolute atomic E-state index is 0.111. The van der Waals surface area contributed by atoms with Crippen LogP contribution in [0.2, 0.25) is 0 Å². The number of Topliss-reactive ketones (excluding diaryl/α,β-unsaturated/α-hetero) is 1. The predicted molar refractivity (Wildman–Crippen MR) is 58.7 cm³/mol. The topological polar surface area (TPSA) is 26.3 Å². The van der Waals surface area contributed by atoms with Crippen LogP contribution in [0.15, 0.2) is 30.3 Å². The molecule has 15 heavy (non-hydrogen) atoms. The third-order valence-corrected chi connectivity index (χ3v) is 2.87. The van der Waals surface area contributed by atoms with Crippen LogP contribution in [-0.4, -0.2) is 18.5 Å². The molecule has 0 N–H and O–H groups in total. The van der Waals surface area contributed by atoms with Gasteiger partial charge in [0, 0.05) is 12.3 Å². The molecular formula is C13H16O2. The lowest BCUT2D eigenvalue weighted by molar-refractivity contribution is -0.122. The van der Waals surface area contributed by atoms with E-state index in [2.05, 4.69) is 0 Å². The van der Waals surface area contributed by atoms with Crippen LogP contribution in [0.1, 0.15) is 18.9 Å². The fourth-order valence-electron chi connectivity index (χ4n) is 1.98. The van der Waals surface area contributed by atoms with E-state index in [1.165, 1.54) is 0 Å². The molecule has 2 unspecified atom stereocenters. The Morgan fingerprint density at radius 1 is 1.40 bits per heavy atom. The summed E-state index contributed by atoms with van der Waals surface area (Å²) < 4.78 is 5.40. The van der Waals surface area contributed by atoms with E-state index in [4.69, 9.17) is 4.74 Å². The average molecular weight is 204 g/mol. The van der Waals surface area contributed by atoms with Crippen molar-refractivity contribution in [3.05, 3.63) is 35.9 Å². The van der Waals surface area contributed by atoms with Gasteiger partial charge in [-0.2, -0.15) is 0 Å². The van der Waals surface area contributed by atoms with Gasteiger partial charge in [0.15, 0.2) is 0 Å². The first-order chi connectivity index (χ1) is 7.25. The number of carbonyl (C=O) groups excluding carboxylic acids is 1. The van der Waals surface area contributed by atoms with Gasteiger partial charge in [-0.15, -0.1) is 0 Å². The lowest BCUT2D eigenvalue weighted by Gasteiger charge is -2.06. The summed E-state index contributed by atoms with van der Waals surface area (Å²) in [5, 5.41) is 0. The number of hydrogen-bond donors (Lipinski definition) is 0. The van der Waals surface area contributed by atoms with Crippen LogP contribution in [0.3, 0.4) is 0 Å². The van der Waals surface area contributed by atoms with Crippen LogP contribution in [0.25, 0.3) is 0 Å². The highest BCUT2D eigenvalue weighted by Crippen LogP contribution is 2.21. The first-order valence-electron chi connectivity index (χ1n) is 5.44. The number of rotatable bonds is 3. The lowest BCUT2D eigenvalue weighted by atomic mass is 9.96. The maximum atomic E-state index is 11.9. The van der Waals surface area contributed by atoms with Gasteiger partial charge in [-0.25, -0.2) is 0 Å². The molecule has 0 saturated carbocycles. The maximum Gasteiger partial charge on any atom is 0.142 e. The van der Waals surface area contributed by atoms with Crippen molar-refractivity contribution in [1.82, 2.24) is 0 Å². The Balaban J connectivity index is 1.93. The van der Waals surface area contributed by atoms with E-state index in [1.54, 1.807) is 0 Å². The molecule has 2 atom stereocenters. The molecule has 0 aromatic heterocycles. The fourth-order valence-corrected chi connectivity index (χ4v) is 1.98. The zero-order chi connectivity index (χ0) is 10.7. The van der Waals surface area contributed by atoms with Crippen molar-refractivity contribution in [2.24, 2.45) is 5.92 Å². The van der Waals surface area contributed by atoms with E-state index in [1.807, 2.05) is 37.3 Å². The molecule has 1 aliphatic heterocycles. The van der Waals surface area contributed by atoms with Crippen LogP contribution in [0.4, 0.5) is 0 Å². The van der Waals surface area contributed by atoms with Gasteiger partial charge in [0.1, 0.15) is 5.78 Å². The maximum absolute atomic E-state index is 11.9. The summed E-state index contributed by atoms with van der Waals surface area (Å²) >= 11 is 0. The first-order valence-corrected chi connectivity index (χ1v) is 5.44. The van der Waals surface area contributed by atoms with Gasteiger partial charge in [0.05, 0.1) is 12.7 Å². The molecule has 1 fully saturated rings. The van der Waals surface area contributed by atoms with Gasteiger partial charge in [0.25, 0.3) is 0 Å². The van der Waals surface area contributed by atoms with Crippen LogP contribution in [-0.2, 0) is 16.0 Å². The van der Waals surface area contributed by atoms with Gasteiger partial charge in [-0.3, -0.25) is 4.79 Å².